The van der Waals surface area contributed by atoms with Crippen LogP contribution in [-0.2, 0) is 0 Å². The predicted molar refractivity (Wildman–Crippen MR) is 36.0 cm³/mol. The van der Waals surface area contributed by atoms with Gasteiger partial charge < -0.3 is 15.5 Å². The monoisotopic (exact) mass is 133 g/mol. The highest BCUT2D eigenvalue weighted by molar-refractivity contribution is 4.57. The van der Waals surface area contributed by atoms with Crippen LogP contribution in [0.1, 0.15) is 20.3 Å². The van der Waals surface area contributed by atoms with Gasteiger partial charge in [-0.3, -0.25) is 0 Å². The van der Waals surface area contributed by atoms with E-state index in [1.54, 1.807) is 0 Å². The molecule has 0 aromatic heterocycles. The zero-order chi connectivity index (χ0) is 7.33. The minimum Gasteiger partial charge on any atom is -0.366 e. The molecule has 3 N–H and O–H groups in total. The molecule has 0 aromatic rings. The van der Waals surface area contributed by atoms with Crippen molar-refractivity contribution in [1.29, 1.82) is 0 Å². The summed E-state index contributed by atoms with van der Waals surface area (Å²) in [6.07, 6.45) is 0.376. The summed E-state index contributed by atoms with van der Waals surface area (Å²) in [5.41, 5.74) is 0. The minimum atomic E-state index is -1.51. The molecule has 0 aliphatic carbocycles. The number of rotatable bonds is 4. The fourth-order valence-corrected chi connectivity index (χ4v) is 0.502. The van der Waals surface area contributed by atoms with Crippen LogP contribution in [0.5, 0.6) is 0 Å². The normalized spacial score (nSPS) is 12.0. The van der Waals surface area contributed by atoms with E-state index in [0.717, 1.165) is 6.54 Å². The van der Waals surface area contributed by atoms with Crippen LogP contribution in [0.3, 0.4) is 0 Å². The summed E-state index contributed by atoms with van der Waals surface area (Å²) in [5, 5.41) is 20.5. The Morgan fingerprint density at radius 2 is 2.00 bits per heavy atom. The maximum atomic E-state index is 8.76. The van der Waals surface area contributed by atoms with E-state index in [2.05, 4.69) is 5.32 Å². The largest absolute Gasteiger partial charge is 0.366 e. The molecule has 56 valence electrons. The van der Waals surface area contributed by atoms with Gasteiger partial charge in [-0.2, -0.15) is 0 Å². The zero-order valence-corrected chi connectivity index (χ0v) is 6.02. The van der Waals surface area contributed by atoms with Crippen molar-refractivity contribution in [2.24, 2.45) is 0 Å². The highest BCUT2D eigenvalue weighted by Crippen LogP contribution is 2.00. The van der Waals surface area contributed by atoms with Crippen molar-refractivity contribution in [1.82, 2.24) is 5.32 Å². The molecule has 0 fully saturated rings. The van der Waals surface area contributed by atoms with E-state index < -0.39 is 5.79 Å². The number of hydrogen-bond acceptors (Lipinski definition) is 3. The molecule has 0 saturated carbocycles. The van der Waals surface area contributed by atoms with Crippen LogP contribution in [-0.4, -0.2) is 29.1 Å². The molecular weight excluding hydrogens is 118 g/mol. The SMILES string of the molecule is CCNCCC(C)(O)O. The van der Waals surface area contributed by atoms with Crippen LogP contribution >= 0.6 is 0 Å². The van der Waals surface area contributed by atoms with Gasteiger partial charge in [0.05, 0.1) is 0 Å². The summed E-state index contributed by atoms with van der Waals surface area (Å²) in [6, 6.07) is 0. The van der Waals surface area contributed by atoms with Crippen LogP contribution in [0.15, 0.2) is 0 Å². The maximum Gasteiger partial charge on any atom is 0.160 e. The predicted octanol–water partition coefficient (Wildman–Crippen LogP) is -0.313. The Hall–Kier alpha value is -0.120. The third-order valence-electron chi connectivity index (χ3n) is 1.03. The van der Waals surface area contributed by atoms with Crippen molar-refractivity contribution in [3.63, 3.8) is 0 Å². The van der Waals surface area contributed by atoms with E-state index in [-0.39, 0.29) is 0 Å². The minimum absolute atomic E-state index is 0.376. The van der Waals surface area contributed by atoms with Gasteiger partial charge in [0, 0.05) is 13.0 Å². The van der Waals surface area contributed by atoms with Crippen molar-refractivity contribution >= 4 is 0 Å². The van der Waals surface area contributed by atoms with Gasteiger partial charge in [0.1, 0.15) is 0 Å². The Morgan fingerprint density at radius 3 is 2.33 bits per heavy atom. The molecule has 0 radical (unpaired) electrons. The summed E-state index contributed by atoms with van der Waals surface area (Å²) < 4.78 is 0. The molecule has 3 heteroatoms. The molecule has 0 atom stereocenters. The highest BCUT2D eigenvalue weighted by atomic mass is 16.5. The Morgan fingerprint density at radius 1 is 1.44 bits per heavy atom. The quantitative estimate of drug-likeness (QED) is 0.364. The van der Waals surface area contributed by atoms with E-state index in [0.29, 0.717) is 13.0 Å². The van der Waals surface area contributed by atoms with Crippen LogP contribution in [0.25, 0.3) is 0 Å². The molecule has 0 amide bonds. The molecule has 0 aliphatic rings. The average molecular weight is 133 g/mol. The molecule has 0 heterocycles. The summed E-state index contributed by atoms with van der Waals surface area (Å²) in [5.74, 6) is -1.51. The first-order chi connectivity index (χ1) is 4.06. The molecule has 0 aliphatic heterocycles. The smallest absolute Gasteiger partial charge is 0.160 e. The van der Waals surface area contributed by atoms with Gasteiger partial charge in [-0.15, -0.1) is 0 Å². The van der Waals surface area contributed by atoms with Crippen molar-refractivity contribution in [3.05, 3.63) is 0 Å². The second kappa shape index (κ2) is 3.82. The molecule has 0 spiro atoms. The van der Waals surface area contributed by atoms with Crippen LogP contribution in [0.2, 0.25) is 0 Å². The lowest BCUT2D eigenvalue weighted by Crippen LogP contribution is -2.29. The summed E-state index contributed by atoms with van der Waals surface area (Å²) >= 11 is 0. The van der Waals surface area contributed by atoms with Crippen LogP contribution < -0.4 is 5.32 Å². The standard InChI is InChI=1S/C6H15NO2/c1-3-7-5-4-6(2,8)9/h7-9H,3-5H2,1-2H3. The van der Waals surface area contributed by atoms with E-state index in [1.807, 2.05) is 6.92 Å². The number of nitrogens with one attached hydrogen (secondary N) is 1. The average Bonchev–Trinajstić information content (AvgIpc) is 1.63. The van der Waals surface area contributed by atoms with Gasteiger partial charge in [0.2, 0.25) is 0 Å². The first-order valence-electron chi connectivity index (χ1n) is 3.21. The summed E-state index contributed by atoms with van der Waals surface area (Å²) in [4.78, 5) is 0. The first kappa shape index (κ1) is 8.88. The third kappa shape index (κ3) is 7.88. The Bertz CT molecular complexity index is 67.9. The fraction of sp³-hybridized carbons (Fsp3) is 1.00. The molecule has 3 nitrogen and oxygen atoms in total. The van der Waals surface area contributed by atoms with Gasteiger partial charge in [0.15, 0.2) is 5.79 Å². The Kier molecular flexibility index (Phi) is 3.77. The highest BCUT2D eigenvalue weighted by Gasteiger charge is 2.12. The summed E-state index contributed by atoms with van der Waals surface area (Å²) in [7, 11) is 0. The van der Waals surface area contributed by atoms with E-state index in [4.69, 9.17) is 10.2 Å². The van der Waals surface area contributed by atoms with Gasteiger partial charge in [0.25, 0.3) is 0 Å². The number of aliphatic hydroxyl groups is 2. The van der Waals surface area contributed by atoms with Gasteiger partial charge in [-0.1, -0.05) is 6.92 Å². The lowest BCUT2D eigenvalue weighted by atomic mass is 10.2. The summed E-state index contributed by atoms with van der Waals surface area (Å²) in [6.45, 7) is 4.88. The molecule has 0 bridgehead atoms. The van der Waals surface area contributed by atoms with E-state index >= 15 is 0 Å². The number of hydrogen-bond donors (Lipinski definition) is 3. The van der Waals surface area contributed by atoms with Crippen LogP contribution in [0, 0.1) is 0 Å². The second-order valence-electron chi connectivity index (χ2n) is 2.32. The third-order valence-corrected chi connectivity index (χ3v) is 1.03. The Labute approximate surface area is 55.7 Å². The van der Waals surface area contributed by atoms with Crippen molar-refractivity contribution < 1.29 is 10.2 Å². The molecule has 9 heavy (non-hydrogen) atoms. The topological polar surface area (TPSA) is 52.5 Å². The molecule has 0 unspecified atom stereocenters. The lowest BCUT2D eigenvalue weighted by Gasteiger charge is -2.14. The van der Waals surface area contributed by atoms with Crippen molar-refractivity contribution in [2.45, 2.75) is 26.1 Å². The molecule has 0 aromatic carbocycles. The van der Waals surface area contributed by atoms with Crippen molar-refractivity contribution in [2.75, 3.05) is 13.1 Å². The van der Waals surface area contributed by atoms with E-state index in [9.17, 15) is 0 Å². The van der Waals surface area contributed by atoms with Crippen LogP contribution in [0.4, 0.5) is 0 Å². The van der Waals surface area contributed by atoms with Crippen molar-refractivity contribution in [3.8, 4) is 0 Å². The fourth-order valence-electron chi connectivity index (χ4n) is 0.502. The maximum absolute atomic E-state index is 8.76. The second-order valence-corrected chi connectivity index (χ2v) is 2.32. The van der Waals surface area contributed by atoms with Gasteiger partial charge in [-0.25, -0.2) is 0 Å². The molecular formula is C6H15NO2. The van der Waals surface area contributed by atoms with Gasteiger partial charge >= 0.3 is 0 Å². The Balaban J connectivity index is 3.07. The molecule has 0 rings (SSSR count). The zero-order valence-electron chi connectivity index (χ0n) is 6.02. The van der Waals surface area contributed by atoms with E-state index in [1.165, 1.54) is 6.92 Å². The lowest BCUT2D eigenvalue weighted by molar-refractivity contribution is -0.148. The van der Waals surface area contributed by atoms with Gasteiger partial charge in [-0.05, 0) is 13.5 Å². The first-order valence-corrected chi connectivity index (χ1v) is 3.21. The molecule has 0 saturated heterocycles.